The molecule has 0 aromatic carbocycles. The lowest BCUT2D eigenvalue weighted by atomic mass is 9.58. The Balaban J connectivity index is 5.13. The number of hydrogen-bond acceptors (Lipinski definition) is 0. The van der Waals surface area contributed by atoms with Crippen molar-refractivity contribution in [1.82, 2.24) is 0 Å². The molecule has 0 aromatic heterocycles. The molecule has 0 spiro atoms. The Morgan fingerprint density at radius 3 is 1.00 bits per heavy atom. The van der Waals surface area contributed by atoms with Crippen LogP contribution < -0.4 is 0 Å². The maximum atomic E-state index is 2.53. The van der Waals surface area contributed by atoms with E-state index in [-0.39, 0.29) is 0 Å². The molecule has 8 atom stereocenters. The third-order valence-electron chi connectivity index (χ3n) is 8.67. The molecule has 0 aliphatic carbocycles. The van der Waals surface area contributed by atoms with Gasteiger partial charge in [-0.15, -0.1) is 0 Å². The van der Waals surface area contributed by atoms with Gasteiger partial charge in [0, 0.05) is 0 Å². The van der Waals surface area contributed by atoms with E-state index in [1.807, 2.05) is 0 Å². The summed E-state index contributed by atoms with van der Waals surface area (Å²) in [7, 11) is 0. The lowest BCUT2D eigenvalue weighted by molar-refractivity contribution is 0.0159. The SMILES string of the molecule is CCC(C)C(C)C(C)C(C)C(C)(C)C(C)C(C)C(C)C(C)CC. The molecule has 0 N–H and O–H groups in total. The fourth-order valence-electron chi connectivity index (χ4n) is 4.46. The van der Waals surface area contributed by atoms with Crippen LogP contribution in [0.4, 0.5) is 0 Å². The summed E-state index contributed by atoms with van der Waals surface area (Å²) in [6.45, 7) is 29.6. The molecule has 0 saturated heterocycles. The molecule has 23 heavy (non-hydrogen) atoms. The van der Waals surface area contributed by atoms with Crippen LogP contribution in [0.5, 0.6) is 0 Å². The second-order valence-electron chi connectivity index (χ2n) is 9.61. The Labute approximate surface area is 149 Å². The molecule has 0 saturated carbocycles. The Morgan fingerprint density at radius 1 is 0.522 bits per heavy atom. The van der Waals surface area contributed by atoms with Gasteiger partial charge in [-0.3, -0.25) is 0 Å². The summed E-state index contributed by atoms with van der Waals surface area (Å²) in [4.78, 5) is 0. The highest BCUT2D eigenvalue weighted by Gasteiger charge is 2.40. The summed E-state index contributed by atoms with van der Waals surface area (Å²) in [5.41, 5.74) is 0.391. The van der Waals surface area contributed by atoms with E-state index in [1.54, 1.807) is 0 Å². The number of rotatable bonds is 10. The van der Waals surface area contributed by atoms with Gasteiger partial charge in [-0.2, -0.15) is 0 Å². The fraction of sp³-hybridized carbons (Fsp3) is 1.00. The summed E-state index contributed by atoms with van der Waals surface area (Å²) >= 11 is 0. The van der Waals surface area contributed by atoms with Crippen LogP contribution in [-0.2, 0) is 0 Å². The van der Waals surface area contributed by atoms with Crippen LogP contribution in [0, 0.1) is 52.8 Å². The van der Waals surface area contributed by atoms with Gasteiger partial charge >= 0.3 is 0 Å². The summed E-state index contributed by atoms with van der Waals surface area (Å²) in [5, 5.41) is 0. The van der Waals surface area contributed by atoms with Gasteiger partial charge in [0.05, 0.1) is 0 Å². The van der Waals surface area contributed by atoms with Crippen molar-refractivity contribution in [2.45, 2.75) is 95.9 Å². The zero-order valence-electron chi connectivity index (χ0n) is 18.5. The molecular weight excluding hydrogens is 276 g/mol. The van der Waals surface area contributed by atoms with Crippen LogP contribution in [0.25, 0.3) is 0 Å². The first kappa shape index (κ1) is 23.0. The highest BCUT2D eigenvalue weighted by Crippen LogP contribution is 2.47. The quantitative estimate of drug-likeness (QED) is 0.383. The maximum Gasteiger partial charge on any atom is -0.0298 e. The van der Waals surface area contributed by atoms with Gasteiger partial charge < -0.3 is 0 Å². The summed E-state index contributed by atoms with van der Waals surface area (Å²) in [5.74, 6) is 6.36. The molecule has 8 unspecified atom stereocenters. The van der Waals surface area contributed by atoms with Crippen molar-refractivity contribution in [3.63, 3.8) is 0 Å². The topological polar surface area (TPSA) is 0 Å². The average Bonchev–Trinajstić information content (AvgIpc) is 2.55. The zero-order chi connectivity index (χ0) is 18.5. The highest BCUT2D eigenvalue weighted by molar-refractivity contribution is 4.89. The van der Waals surface area contributed by atoms with Gasteiger partial charge in [0.25, 0.3) is 0 Å². The minimum atomic E-state index is 0.391. The maximum absolute atomic E-state index is 2.53. The molecule has 0 amide bonds. The second kappa shape index (κ2) is 9.47. The predicted octanol–water partition coefficient (Wildman–Crippen LogP) is 7.92. The van der Waals surface area contributed by atoms with E-state index in [0.717, 1.165) is 47.3 Å². The highest BCUT2D eigenvalue weighted by atomic mass is 14.5. The Bertz CT molecular complexity index is 286. The van der Waals surface area contributed by atoms with E-state index in [9.17, 15) is 0 Å². The average molecular weight is 325 g/mol. The van der Waals surface area contributed by atoms with Crippen molar-refractivity contribution in [3.05, 3.63) is 0 Å². The van der Waals surface area contributed by atoms with Crippen molar-refractivity contribution < 1.29 is 0 Å². The third kappa shape index (κ3) is 5.50. The van der Waals surface area contributed by atoms with Crippen LogP contribution >= 0.6 is 0 Å². The smallest absolute Gasteiger partial charge is 0.0298 e. The fourth-order valence-corrected chi connectivity index (χ4v) is 4.46. The van der Waals surface area contributed by atoms with E-state index < -0.39 is 0 Å². The molecule has 0 radical (unpaired) electrons. The summed E-state index contributed by atoms with van der Waals surface area (Å²) in [6.07, 6.45) is 2.60. The zero-order valence-corrected chi connectivity index (χ0v) is 18.5. The lowest BCUT2D eigenvalue weighted by Gasteiger charge is -2.47. The molecule has 140 valence electrons. The van der Waals surface area contributed by atoms with E-state index in [0.29, 0.717) is 5.41 Å². The first-order valence-electron chi connectivity index (χ1n) is 10.4. The Kier molecular flexibility index (Phi) is 9.47. The number of hydrogen-bond donors (Lipinski definition) is 0. The largest absolute Gasteiger partial charge is 0.0651 e. The van der Waals surface area contributed by atoms with Crippen molar-refractivity contribution in [2.24, 2.45) is 52.8 Å². The van der Waals surface area contributed by atoms with Crippen LogP contribution in [0.2, 0.25) is 0 Å². The molecular formula is C23H48. The van der Waals surface area contributed by atoms with Gasteiger partial charge in [-0.25, -0.2) is 0 Å². The van der Waals surface area contributed by atoms with Gasteiger partial charge in [0.2, 0.25) is 0 Å². The van der Waals surface area contributed by atoms with Crippen LogP contribution in [0.15, 0.2) is 0 Å². The van der Waals surface area contributed by atoms with E-state index in [1.165, 1.54) is 12.8 Å². The first-order valence-corrected chi connectivity index (χ1v) is 10.4. The standard InChI is InChI=1S/C23H48/c1-13-15(3)17(5)19(7)21(9)23(11,12)22(10)20(8)18(6)16(4)14-2/h15-22H,13-14H2,1-12H3. The van der Waals surface area contributed by atoms with Crippen molar-refractivity contribution in [2.75, 3.05) is 0 Å². The van der Waals surface area contributed by atoms with Crippen molar-refractivity contribution >= 4 is 0 Å². The molecule has 0 heteroatoms. The summed E-state index contributed by atoms with van der Waals surface area (Å²) < 4.78 is 0. The van der Waals surface area contributed by atoms with E-state index in [4.69, 9.17) is 0 Å². The first-order chi connectivity index (χ1) is 10.4. The van der Waals surface area contributed by atoms with E-state index >= 15 is 0 Å². The summed E-state index contributed by atoms with van der Waals surface area (Å²) in [6, 6.07) is 0. The second-order valence-corrected chi connectivity index (χ2v) is 9.61. The van der Waals surface area contributed by atoms with Crippen LogP contribution in [-0.4, -0.2) is 0 Å². The molecule has 0 heterocycles. The van der Waals surface area contributed by atoms with Gasteiger partial charge in [-0.05, 0) is 52.8 Å². The molecule has 0 bridgehead atoms. The molecule has 0 fully saturated rings. The van der Waals surface area contributed by atoms with Crippen molar-refractivity contribution in [1.29, 1.82) is 0 Å². The third-order valence-corrected chi connectivity index (χ3v) is 8.67. The van der Waals surface area contributed by atoms with E-state index in [2.05, 4.69) is 83.1 Å². The normalized spacial score (nSPS) is 23.5. The van der Waals surface area contributed by atoms with Gasteiger partial charge in [0.1, 0.15) is 0 Å². The minimum absolute atomic E-state index is 0.391. The molecule has 0 aromatic rings. The Morgan fingerprint density at radius 2 is 0.783 bits per heavy atom. The lowest BCUT2D eigenvalue weighted by Crippen LogP contribution is -2.40. The molecule has 0 nitrogen and oxygen atoms in total. The van der Waals surface area contributed by atoms with Crippen LogP contribution in [0.3, 0.4) is 0 Å². The van der Waals surface area contributed by atoms with Gasteiger partial charge in [-0.1, -0.05) is 95.9 Å². The van der Waals surface area contributed by atoms with Crippen molar-refractivity contribution in [3.8, 4) is 0 Å². The molecule has 0 aliphatic rings. The molecule has 0 aliphatic heterocycles. The van der Waals surface area contributed by atoms with Crippen LogP contribution in [0.1, 0.15) is 95.9 Å². The predicted molar refractivity (Wildman–Crippen MR) is 108 cm³/mol. The molecule has 0 rings (SSSR count). The Hall–Kier alpha value is 0. The van der Waals surface area contributed by atoms with Gasteiger partial charge in [0.15, 0.2) is 0 Å². The minimum Gasteiger partial charge on any atom is -0.0651 e. The monoisotopic (exact) mass is 324 g/mol.